The third kappa shape index (κ3) is 8.74. The molecule has 1 aliphatic heterocycles. The lowest BCUT2D eigenvalue weighted by molar-refractivity contribution is -0.195. The second-order valence-electron chi connectivity index (χ2n) is 8.60. The summed E-state index contributed by atoms with van der Waals surface area (Å²) in [4.78, 5) is 38.0. The third-order valence-corrected chi connectivity index (χ3v) is 4.96. The first-order valence-corrected chi connectivity index (χ1v) is 11.1. The molecule has 2 N–H and O–H groups in total. The average molecular weight is 446 g/mol. The molecule has 9 nitrogen and oxygen atoms in total. The van der Waals surface area contributed by atoms with Crippen LogP contribution in [0, 0.1) is 5.92 Å². The van der Waals surface area contributed by atoms with Crippen molar-refractivity contribution in [2.45, 2.75) is 84.0 Å². The van der Waals surface area contributed by atoms with Gasteiger partial charge in [-0.3, -0.25) is 4.79 Å². The van der Waals surface area contributed by atoms with E-state index in [1.165, 1.54) is 0 Å². The summed E-state index contributed by atoms with van der Waals surface area (Å²) in [5.74, 6) is -1.92. The maximum absolute atomic E-state index is 12.9. The van der Waals surface area contributed by atoms with Crippen LogP contribution in [0.3, 0.4) is 0 Å². The van der Waals surface area contributed by atoms with Crippen LogP contribution in [0.25, 0.3) is 0 Å². The highest BCUT2D eigenvalue weighted by Gasteiger charge is 2.55. The number of ether oxygens (including phenoxy) is 5. The lowest BCUT2D eigenvalue weighted by atomic mass is 9.90. The highest BCUT2D eigenvalue weighted by molar-refractivity contribution is 6.04. The highest BCUT2D eigenvalue weighted by Crippen LogP contribution is 2.26. The van der Waals surface area contributed by atoms with E-state index in [1.807, 2.05) is 0 Å². The normalized spacial score (nSPS) is 16.5. The lowest BCUT2D eigenvalue weighted by Crippen LogP contribution is -2.63. The number of hydrogen-bond donors (Lipinski definition) is 1. The smallest absolute Gasteiger partial charge is 0.352 e. The number of carbonyl (C=O) groups is 3. The summed E-state index contributed by atoms with van der Waals surface area (Å²) in [7, 11) is 0. The predicted octanol–water partition coefficient (Wildman–Crippen LogP) is 2.13. The zero-order chi connectivity index (χ0) is 23.5. The molecule has 1 rings (SSSR count). The zero-order valence-electron chi connectivity index (χ0n) is 19.6. The van der Waals surface area contributed by atoms with Gasteiger partial charge < -0.3 is 29.4 Å². The summed E-state index contributed by atoms with van der Waals surface area (Å²) in [5.41, 5.74) is 3.50. The summed E-state index contributed by atoms with van der Waals surface area (Å²) in [6.45, 7) is 10.1. The molecule has 180 valence electrons. The number of carbonyl (C=O) groups excluding carboxylic acids is 3. The molecular formula is C22H39NO8. The fourth-order valence-electron chi connectivity index (χ4n) is 3.38. The maximum Gasteiger partial charge on any atom is 0.352 e. The Hall–Kier alpha value is -1.71. The van der Waals surface area contributed by atoms with E-state index < -0.39 is 35.2 Å². The predicted molar refractivity (Wildman–Crippen MR) is 113 cm³/mol. The van der Waals surface area contributed by atoms with Gasteiger partial charge in [0.05, 0.1) is 19.3 Å². The molecule has 0 bridgehead atoms. The van der Waals surface area contributed by atoms with Crippen LogP contribution < -0.4 is 5.73 Å². The summed E-state index contributed by atoms with van der Waals surface area (Å²) >= 11 is 0. The van der Waals surface area contributed by atoms with Crippen LogP contribution in [0.5, 0.6) is 0 Å². The van der Waals surface area contributed by atoms with Gasteiger partial charge in [-0.25, -0.2) is 9.59 Å². The molecule has 1 saturated heterocycles. The minimum atomic E-state index is -2.14. The summed E-state index contributed by atoms with van der Waals surface area (Å²) in [6.07, 6.45) is 2.33. The van der Waals surface area contributed by atoms with E-state index in [0.29, 0.717) is 25.6 Å². The lowest BCUT2D eigenvalue weighted by Gasteiger charge is -2.34. The molecule has 9 heteroatoms. The van der Waals surface area contributed by atoms with Gasteiger partial charge in [-0.1, -0.05) is 0 Å². The van der Waals surface area contributed by atoms with Crippen LogP contribution in [0.2, 0.25) is 0 Å². The van der Waals surface area contributed by atoms with Gasteiger partial charge in [0.1, 0.15) is 5.60 Å². The van der Waals surface area contributed by atoms with Gasteiger partial charge in [-0.2, -0.15) is 0 Å². The van der Waals surface area contributed by atoms with Crippen LogP contribution in [0.15, 0.2) is 0 Å². The number of esters is 3. The average Bonchev–Trinajstić information content (AvgIpc) is 2.69. The Bertz CT molecular complexity index is 563. The van der Waals surface area contributed by atoms with Crippen molar-refractivity contribution in [3.05, 3.63) is 0 Å². The Morgan fingerprint density at radius 1 is 1.03 bits per heavy atom. The van der Waals surface area contributed by atoms with Gasteiger partial charge in [0.15, 0.2) is 0 Å². The minimum absolute atomic E-state index is 0.0101. The highest BCUT2D eigenvalue weighted by atomic mass is 16.6. The van der Waals surface area contributed by atoms with Gasteiger partial charge in [-0.05, 0) is 66.2 Å². The van der Waals surface area contributed by atoms with Crippen molar-refractivity contribution >= 4 is 17.9 Å². The first-order chi connectivity index (χ1) is 14.6. The first kappa shape index (κ1) is 27.3. The number of nitrogens with two attached hydrogens (primary N) is 1. The van der Waals surface area contributed by atoms with Crippen LogP contribution >= 0.6 is 0 Å². The molecule has 0 aromatic carbocycles. The Morgan fingerprint density at radius 2 is 1.58 bits per heavy atom. The SMILES string of the molecule is CCOC(=O)C(OCCC1CCOCC1)(C(=O)OCC)C(N)CCC(=O)OC(C)(C)C. The van der Waals surface area contributed by atoms with E-state index in [-0.39, 0.29) is 32.7 Å². The Balaban J connectivity index is 2.98. The molecule has 31 heavy (non-hydrogen) atoms. The molecule has 1 heterocycles. The van der Waals surface area contributed by atoms with E-state index in [9.17, 15) is 14.4 Å². The summed E-state index contributed by atoms with van der Waals surface area (Å²) < 4.78 is 26.8. The molecule has 0 spiro atoms. The fourth-order valence-corrected chi connectivity index (χ4v) is 3.38. The molecule has 0 aliphatic carbocycles. The minimum Gasteiger partial charge on any atom is -0.463 e. The Kier molecular flexibility index (Phi) is 11.4. The van der Waals surface area contributed by atoms with Gasteiger partial charge in [0.25, 0.3) is 5.60 Å². The molecule has 1 aliphatic rings. The molecule has 0 amide bonds. The molecule has 1 unspecified atom stereocenters. The first-order valence-electron chi connectivity index (χ1n) is 11.1. The van der Waals surface area contributed by atoms with Crippen molar-refractivity contribution in [3.63, 3.8) is 0 Å². The van der Waals surface area contributed by atoms with Crippen LogP contribution in [-0.4, -0.2) is 68.2 Å². The number of hydrogen-bond acceptors (Lipinski definition) is 9. The van der Waals surface area contributed by atoms with Gasteiger partial charge in [0.2, 0.25) is 0 Å². The van der Waals surface area contributed by atoms with E-state index in [1.54, 1.807) is 34.6 Å². The molecular weight excluding hydrogens is 406 g/mol. The topological polar surface area (TPSA) is 123 Å². The van der Waals surface area contributed by atoms with E-state index in [0.717, 1.165) is 12.8 Å². The summed E-state index contributed by atoms with van der Waals surface area (Å²) in [6, 6.07) is -1.15. The Morgan fingerprint density at radius 3 is 2.06 bits per heavy atom. The van der Waals surface area contributed by atoms with E-state index in [2.05, 4.69) is 0 Å². The van der Waals surface area contributed by atoms with Crippen molar-refractivity contribution < 1.29 is 38.1 Å². The van der Waals surface area contributed by atoms with Crippen molar-refractivity contribution in [2.24, 2.45) is 11.7 Å². The Labute approximate surface area is 185 Å². The summed E-state index contributed by atoms with van der Waals surface area (Å²) in [5, 5.41) is 0. The van der Waals surface area contributed by atoms with E-state index >= 15 is 0 Å². The van der Waals surface area contributed by atoms with Gasteiger partial charge in [0, 0.05) is 26.2 Å². The standard InChI is InChI=1S/C22H39NO8/c1-6-28-19(25)22(20(26)29-7-2,30-15-12-16-10-13-27-14-11-16)17(23)8-9-18(24)31-21(3,4)5/h16-17H,6-15,23H2,1-5H3. The molecule has 0 aromatic heterocycles. The van der Waals surface area contributed by atoms with Crippen molar-refractivity contribution in [2.75, 3.05) is 33.0 Å². The molecule has 1 fully saturated rings. The van der Waals surface area contributed by atoms with E-state index in [4.69, 9.17) is 29.4 Å². The second-order valence-corrected chi connectivity index (χ2v) is 8.60. The van der Waals surface area contributed by atoms with Crippen molar-refractivity contribution in [3.8, 4) is 0 Å². The molecule has 1 atom stereocenters. The van der Waals surface area contributed by atoms with Crippen LogP contribution in [0.1, 0.15) is 66.7 Å². The van der Waals surface area contributed by atoms with Crippen LogP contribution in [-0.2, 0) is 38.1 Å². The van der Waals surface area contributed by atoms with Crippen LogP contribution in [0.4, 0.5) is 0 Å². The monoisotopic (exact) mass is 445 g/mol. The van der Waals surface area contributed by atoms with Gasteiger partial charge in [-0.15, -0.1) is 0 Å². The van der Waals surface area contributed by atoms with Crippen molar-refractivity contribution in [1.82, 2.24) is 0 Å². The number of rotatable bonds is 12. The molecule has 0 saturated carbocycles. The van der Waals surface area contributed by atoms with Crippen molar-refractivity contribution in [1.29, 1.82) is 0 Å². The molecule has 0 radical (unpaired) electrons. The second kappa shape index (κ2) is 13.0. The zero-order valence-corrected chi connectivity index (χ0v) is 19.6. The third-order valence-electron chi connectivity index (χ3n) is 4.96. The quantitative estimate of drug-likeness (QED) is 0.273. The fraction of sp³-hybridized carbons (Fsp3) is 0.864. The maximum atomic E-state index is 12.9. The largest absolute Gasteiger partial charge is 0.463 e. The van der Waals surface area contributed by atoms with Gasteiger partial charge >= 0.3 is 17.9 Å². The molecule has 0 aromatic rings.